The number of hydrogen-bond donors (Lipinski definition) is 0. The van der Waals surface area contributed by atoms with Crippen LogP contribution in [0.15, 0.2) is 18.7 Å². The number of imidazole rings is 1. The minimum atomic E-state index is -6.40. The van der Waals surface area contributed by atoms with Gasteiger partial charge in [-0.1, -0.05) is 0 Å². The van der Waals surface area contributed by atoms with Crippen LogP contribution in [-0.4, -0.2) is 22.8 Å². The molecule has 0 aromatic carbocycles. The monoisotopic (exact) mass is 283 g/mol. The molecule has 1 aromatic rings. The molecule has 2 nitrogen and oxygen atoms in total. The molecule has 0 spiro atoms. The zero-order valence-electron chi connectivity index (χ0n) is 8.73. The molecule has 0 radical (unpaired) electrons. The first-order valence-corrected chi connectivity index (χ1v) is 4.41. The Bertz CT molecular complexity index is 421. The Morgan fingerprint density at radius 1 is 1.06 bits per heavy atom. The Hall–Kier alpha value is -1.35. The molecule has 0 amide bonds. The van der Waals surface area contributed by atoms with E-state index in [0.29, 0.717) is 12.5 Å². The second kappa shape index (κ2) is 4.09. The molecule has 10 heteroatoms. The summed E-state index contributed by atoms with van der Waals surface area (Å²) in [5.74, 6) is -6.15. The highest BCUT2D eigenvalue weighted by atomic mass is 19.4. The molecule has 0 saturated carbocycles. The Morgan fingerprint density at radius 2 is 1.56 bits per heavy atom. The number of alkyl halides is 8. The van der Waals surface area contributed by atoms with Crippen molar-refractivity contribution in [3.05, 3.63) is 18.7 Å². The maximum atomic E-state index is 13.2. The summed E-state index contributed by atoms with van der Waals surface area (Å²) in [5.41, 5.74) is 0. The van der Waals surface area contributed by atoms with E-state index in [1.54, 1.807) is 0 Å². The van der Waals surface area contributed by atoms with Crippen LogP contribution in [-0.2, 0) is 13.1 Å². The largest absolute Gasteiger partial charge is 0.456 e. The van der Waals surface area contributed by atoms with Crippen molar-refractivity contribution in [3.63, 3.8) is 0 Å². The number of aromatic nitrogens is 2. The van der Waals surface area contributed by atoms with Crippen molar-refractivity contribution >= 4 is 0 Å². The van der Waals surface area contributed by atoms with Crippen molar-refractivity contribution < 1.29 is 39.7 Å². The van der Waals surface area contributed by atoms with Gasteiger partial charge in [-0.25, -0.2) is 8.96 Å². The molecule has 0 aliphatic rings. The average molecular weight is 283 g/mol. The maximum absolute atomic E-state index is 13.2. The summed E-state index contributed by atoms with van der Waals surface area (Å²) in [6.45, 7) is 0. The van der Waals surface area contributed by atoms with Gasteiger partial charge in [-0.2, -0.15) is 35.3 Å². The second-order valence-corrected chi connectivity index (χ2v) is 3.56. The smallest absolute Gasteiger partial charge is 0.239 e. The van der Waals surface area contributed by atoms with E-state index in [0.717, 1.165) is 10.8 Å². The summed E-state index contributed by atoms with van der Waals surface area (Å²) >= 11 is 0. The fourth-order valence-electron chi connectivity index (χ4n) is 1.12. The van der Waals surface area contributed by atoms with Crippen LogP contribution in [0.1, 0.15) is 0 Å². The van der Waals surface area contributed by atoms with Gasteiger partial charge in [0.05, 0.1) is 7.05 Å². The lowest BCUT2D eigenvalue weighted by Gasteiger charge is -2.26. The average Bonchev–Trinajstić information content (AvgIpc) is 2.62. The van der Waals surface area contributed by atoms with Gasteiger partial charge in [-0.15, -0.1) is 0 Å². The van der Waals surface area contributed by atoms with Gasteiger partial charge in [-0.05, 0) is 0 Å². The lowest BCUT2D eigenvalue weighted by Crippen LogP contribution is -2.53. The minimum absolute atomic E-state index is 0.350. The number of hydrogen-bond acceptors (Lipinski definition) is 0. The van der Waals surface area contributed by atoms with Gasteiger partial charge in [0, 0.05) is 0 Å². The number of rotatable bonds is 3. The van der Waals surface area contributed by atoms with Crippen molar-refractivity contribution in [2.24, 2.45) is 7.05 Å². The van der Waals surface area contributed by atoms with Gasteiger partial charge in [-0.3, -0.25) is 0 Å². The number of halogens is 8. The molecule has 0 aliphatic heterocycles. The Labute approximate surface area is 95.4 Å². The van der Waals surface area contributed by atoms with Crippen molar-refractivity contribution in [3.8, 4) is 0 Å². The quantitative estimate of drug-likeness (QED) is 0.595. The predicted molar refractivity (Wildman–Crippen MR) is 41.7 cm³/mol. The summed E-state index contributed by atoms with van der Waals surface area (Å²) in [4.78, 5) is 0. The van der Waals surface area contributed by atoms with Crippen LogP contribution in [0.2, 0.25) is 0 Å². The molecule has 0 bridgehead atoms. The van der Waals surface area contributed by atoms with E-state index in [1.807, 2.05) is 0 Å². The standard InChI is InChI=1S/C8H7F8N2/c1-17-2-3-18(4-17)7(12,13)5(9)6(10,11)8(14,15)16/h2-5H,1H3/q+1. The molecular formula is C8H7F8N2+. The van der Waals surface area contributed by atoms with Crippen LogP contribution in [0.3, 0.4) is 0 Å². The third kappa shape index (κ3) is 2.27. The highest BCUT2D eigenvalue weighted by Crippen LogP contribution is 2.46. The molecule has 1 atom stereocenters. The van der Waals surface area contributed by atoms with E-state index in [9.17, 15) is 35.1 Å². The topological polar surface area (TPSA) is 8.81 Å². The normalized spacial score (nSPS) is 15.8. The van der Waals surface area contributed by atoms with E-state index >= 15 is 0 Å². The van der Waals surface area contributed by atoms with Crippen molar-refractivity contribution in [1.29, 1.82) is 0 Å². The van der Waals surface area contributed by atoms with Crippen molar-refractivity contribution in [2.45, 2.75) is 24.3 Å². The first kappa shape index (κ1) is 14.7. The summed E-state index contributed by atoms with van der Waals surface area (Å²) in [6.07, 6.45) is -9.22. The molecule has 1 rings (SSSR count). The Kier molecular flexibility index (Phi) is 3.34. The first-order chi connectivity index (χ1) is 7.90. The third-order valence-electron chi connectivity index (χ3n) is 2.11. The molecule has 1 heterocycles. The van der Waals surface area contributed by atoms with E-state index in [-0.39, 0.29) is 4.57 Å². The zero-order chi connectivity index (χ0) is 14.4. The highest BCUT2D eigenvalue weighted by Gasteiger charge is 2.72. The maximum Gasteiger partial charge on any atom is 0.456 e. The van der Waals surface area contributed by atoms with Gasteiger partial charge in [0.1, 0.15) is 12.4 Å². The lowest BCUT2D eigenvalue weighted by atomic mass is 10.1. The van der Waals surface area contributed by atoms with Crippen molar-refractivity contribution in [1.82, 2.24) is 4.57 Å². The molecule has 0 fully saturated rings. The Balaban J connectivity index is 3.13. The summed E-state index contributed by atoms with van der Waals surface area (Å²) in [6, 6.07) is -5.03. The van der Waals surface area contributed by atoms with Crippen LogP contribution in [0.5, 0.6) is 0 Å². The van der Waals surface area contributed by atoms with Crippen LogP contribution in [0, 0.1) is 0 Å². The van der Waals surface area contributed by atoms with E-state index in [4.69, 9.17) is 0 Å². The second-order valence-electron chi connectivity index (χ2n) is 3.56. The fourth-order valence-corrected chi connectivity index (χ4v) is 1.12. The van der Waals surface area contributed by atoms with E-state index in [1.165, 1.54) is 7.05 Å². The zero-order valence-corrected chi connectivity index (χ0v) is 8.73. The van der Waals surface area contributed by atoms with Crippen molar-refractivity contribution in [2.75, 3.05) is 0 Å². The van der Waals surface area contributed by atoms with Crippen LogP contribution >= 0.6 is 0 Å². The first-order valence-electron chi connectivity index (χ1n) is 4.41. The molecule has 1 unspecified atom stereocenters. The number of nitrogens with zero attached hydrogens (tertiary/aromatic N) is 2. The highest BCUT2D eigenvalue weighted by molar-refractivity contribution is 4.92. The Morgan fingerprint density at radius 3 is 1.89 bits per heavy atom. The molecule has 104 valence electrons. The molecule has 1 aromatic heterocycles. The summed E-state index contributed by atoms with van der Waals surface area (Å²) in [5, 5.41) is 0. The van der Waals surface area contributed by atoms with Crippen LogP contribution < -0.4 is 4.57 Å². The molecule has 0 saturated heterocycles. The van der Waals surface area contributed by atoms with Gasteiger partial charge in [0.2, 0.25) is 6.33 Å². The molecule has 18 heavy (non-hydrogen) atoms. The van der Waals surface area contributed by atoms with E-state index in [2.05, 4.69) is 0 Å². The minimum Gasteiger partial charge on any atom is -0.239 e. The van der Waals surface area contributed by atoms with E-state index < -0.39 is 24.3 Å². The lowest BCUT2D eigenvalue weighted by molar-refractivity contribution is -0.671. The molecular weight excluding hydrogens is 276 g/mol. The summed E-state index contributed by atoms with van der Waals surface area (Å²) in [7, 11) is 1.21. The molecule has 0 aliphatic carbocycles. The summed E-state index contributed by atoms with van der Waals surface area (Å²) < 4.78 is 100. The number of aryl methyl sites for hydroxylation is 1. The van der Waals surface area contributed by atoms with Gasteiger partial charge >= 0.3 is 18.1 Å². The fraction of sp³-hybridized carbons (Fsp3) is 0.625. The van der Waals surface area contributed by atoms with Gasteiger partial charge in [0.15, 0.2) is 0 Å². The van der Waals surface area contributed by atoms with Gasteiger partial charge < -0.3 is 0 Å². The molecule has 0 N–H and O–H groups in total. The SMILES string of the molecule is C[n+]1ccn(C(F)(F)C(F)C(F)(F)C(F)(F)F)c1. The van der Waals surface area contributed by atoms with Gasteiger partial charge in [0.25, 0.3) is 6.17 Å². The third-order valence-corrected chi connectivity index (χ3v) is 2.11. The predicted octanol–water partition coefficient (Wildman–Crippen LogP) is 2.40. The van der Waals surface area contributed by atoms with Crippen LogP contribution in [0.4, 0.5) is 35.1 Å². The van der Waals surface area contributed by atoms with Crippen LogP contribution in [0.25, 0.3) is 0 Å².